The number of nitrogens with zero attached hydrogens (tertiary/aromatic N) is 1. The molecule has 1 aliphatic heterocycles. The average molecular weight is 159 g/mol. The van der Waals surface area contributed by atoms with Gasteiger partial charge in [-0.15, -0.1) is 0 Å². The second-order valence-electron chi connectivity index (χ2n) is 3.12. The van der Waals surface area contributed by atoms with Crippen LogP contribution in [-0.2, 0) is 12.8 Å². The molecule has 1 heterocycles. The van der Waals surface area contributed by atoms with E-state index in [4.69, 9.17) is 0 Å². The fourth-order valence-corrected chi connectivity index (χ4v) is 1.75. The minimum Gasteiger partial charge on any atom is -0.292 e. The van der Waals surface area contributed by atoms with Crippen molar-refractivity contribution in [3.63, 3.8) is 0 Å². The Morgan fingerprint density at radius 1 is 1.42 bits per heavy atom. The van der Waals surface area contributed by atoms with E-state index >= 15 is 0 Å². The standard InChI is InChI=1S/C11H13N/c1-2-9-4-3-5-10-8-12-7-6-11(9)10/h3-5,8H,2,6-7H2,1H3. The third-order valence-corrected chi connectivity index (χ3v) is 2.41. The lowest BCUT2D eigenvalue weighted by molar-refractivity contribution is 0.923. The lowest BCUT2D eigenvalue weighted by atomic mass is 9.96. The lowest BCUT2D eigenvalue weighted by Gasteiger charge is -2.13. The van der Waals surface area contributed by atoms with Crippen molar-refractivity contribution in [1.29, 1.82) is 0 Å². The Morgan fingerprint density at radius 2 is 2.33 bits per heavy atom. The molecule has 2 rings (SSSR count). The molecule has 12 heavy (non-hydrogen) atoms. The second-order valence-corrected chi connectivity index (χ2v) is 3.12. The van der Waals surface area contributed by atoms with Crippen LogP contribution in [0, 0.1) is 0 Å². The van der Waals surface area contributed by atoms with Gasteiger partial charge in [-0.25, -0.2) is 0 Å². The Hall–Kier alpha value is -1.11. The molecule has 1 aliphatic rings. The Balaban J connectivity index is 2.53. The SMILES string of the molecule is CCc1cccc2c1CCN=C2. The smallest absolute Gasteiger partial charge is 0.0430 e. The third-order valence-electron chi connectivity index (χ3n) is 2.41. The first-order chi connectivity index (χ1) is 5.92. The van der Waals surface area contributed by atoms with Gasteiger partial charge in [0.05, 0.1) is 0 Å². The van der Waals surface area contributed by atoms with E-state index in [0.29, 0.717) is 0 Å². The highest BCUT2D eigenvalue weighted by molar-refractivity contribution is 5.83. The second kappa shape index (κ2) is 3.10. The van der Waals surface area contributed by atoms with Gasteiger partial charge in [-0.3, -0.25) is 4.99 Å². The van der Waals surface area contributed by atoms with Crippen molar-refractivity contribution in [2.75, 3.05) is 6.54 Å². The van der Waals surface area contributed by atoms with Crippen molar-refractivity contribution in [3.8, 4) is 0 Å². The zero-order valence-corrected chi connectivity index (χ0v) is 7.38. The molecule has 0 bridgehead atoms. The van der Waals surface area contributed by atoms with Gasteiger partial charge in [0.1, 0.15) is 0 Å². The fraction of sp³-hybridized carbons (Fsp3) is 0.364. The van der Waals surface area contributed by atoms with Gasteiger partial charge >= 0.3 is 0 Å². The van der Waals surface area contributed by atoms with Crippen LogP contribution in [0.5, 0.6) is 0 Å². The molecule has 62 valence electrons. The van der Waals surface area contributed by atoms with Crippen molar-refractivity contribution in [2.45, 2.75) is 19.8 Å². The normalized spacial score (nSPS) is 14.4. The minimum absolute atomic E-state index is 0.962. The molecule has 0 N–H and O–H groups in total. The summed E-state index contributed by atoms with van der Waals surface area (Å²) in [5.74, 6) is 0. The summed E-state index contributed by atoms with van der Waals surface area (Å²) in [6.45, 7) is 3.17. The highest BCUT2D eigenvalue weighted by atomic mass is 14.7. The summed E-state index contributed by atoms with van der Waals surface area (Å²) >= 11 is 0. The van der Waals surface area contributed by atoms with Gasteiger partial charge in [0.15, 0.2) is 0 Å². The molecule has 0 aromatic heterocycles. The molecule has 0 saturated heterocycles. The van der Waals surface area contributed by atoms with E-state index in [-0.39, 0.29) is 0 Å². The fourth-order valence-electron chi connectivity index (χ4n) is 1.75. The van der Waals surface area contributed by atoms with Crippen LogP contribution in [0.25, 0.3) is 0 Å². The van der Waals surface area contributed by atoms with Crippen LogP contribution in [0.2, 0.25) is 0 Å². The van der Waals surface area contributed by atoms with E-state index < -0.39 is 0 Å². The summed E-state index contributed by atoms with van der Waals surface area (Å²) in [5.41, 5.74) is 4.31. The van der Waals surface area contributed by atoms with Crippen LogP contribution in [0.15, 0.2) is 23.2 Å². The molecule has 1 nitrogen and oxygen atoms in total. The maximum absolute atomic E-state index is 4.27. The molecular weight excluding hydrogens is 146 g/mol. The maximum atomic E-state index is 4.27. The van der Waals surface area contributed by atoms with E-state index in [1.165, 1.54) is 16.7 Å². The number of aryl methyl sites for hydroxylation is 1. The monoisotopic (exact) mass is 159 g/mol. The summed E-state index contributed by atoms with van der Waals surface area (Å²) in [7, 11) is 0. The van der Waals surface area contributed by atoms with E-state index in [0.717, 1.165) is 19.4 Å². The molecule has 1 aromatic rings. The summed E-state index contributed by atoms with van der Waals surface area (Å²) < 4.78 is 0. The lowest BCUT2D eigenvalue weighted by Crippen LogP contribution is -2.05. The number of rotatable bonds is 1. The van der Waals surface area contributed by atoms with Crippen LogP contribution in [0.1, 0.15) is 23.6 Å². The number of aliphatic imine (C=N–C) groups is 1. The highest BCUT2D eigenvalue weighted by Crippen LogP contribution is 2.17. The van der Waals surface area contributed by atoms with E-state index in [9.17, 15) is 0 Å². The molecule has 0 unspecified atom stereocenters. The molecule has 0 spiro atoms. The van der Waals surface area contributed by atoms with Gasteiger partial charge in [0.2, 0.25) is 0 Å². The van der Waals surface area contributed by atoms with Crippen molar-refractivity contribution >= 4 is 6.21 Å². The molecule has 0 aliphatic carbocycles. The summed E-state index contributed by atoms with van der Waals surface area (Å²) in [6.07, 6.45) is 4.25. The third kappa shape index (κ3) is 1.15. The molecule has 0 atom stereocenters. The van der Waals surface area contributed by atoms with E-state index in [2.05, 4.69) is 30.1 Å². The molecular formula is C11H13N. The van der Waals surface area contributed by atoms with E-state index in [1.54, 1.807) is 0 Å². The Morgan fingerprint density at radius 3 is 3.17 bits per heavy atom. The first-order valence-corrected chi connectivity index (χ1v) is 4.52. The van der Waals surface area contributed by atoms with Crippen molar-refractivity contribution in [1.82, 2.24) is 0 Å². The van der Waals surface area contributed by atoms with Crippen LogP contribution >= 0.6 is 0 Å². The van der Waals surface area contributed by atoms with Gasteiger partial charge in [-0.2, -0.15) is 0 Å². The van der Waals surface area contributed by atoms with Crippen molar-refractivity contribution in [2.24, 2.45) is 4.99 Å². The molecule has 1 aromatic carbocycles. The Bertz CT molecular complexity index is 313. The summed E-state index contributed by atoms with van der Waals surface area (Å²) in [5, 5.41) is 0. The highest BCUT2D eigenvalue weighted by Gasteiger charge is 2.07. The molecule has 0 fully saturated rings. The zero-order chi connectivity index (χ0) is 8.39. The van der Waals surface area contributed by atoms with Crippen molar-refractivity contribution in [3.05, 3.63) is 34.9 Å². The summed E-state index contributed by atoms with van der Waals surface area (Å²) in [4.78, 5) is 4.27. The Labute approximate surface area is 73.1 Å². The van der Waals surface area contributed by atoms with Crippen LogP contribution in [0.3, 0.4) is 0 Å². The number of benzene rings is 1. The number of hydrogen-bond donors (Lipinski definition) is 0. The van der Waals surface area contributed by atoms with Crippen LogP contribution in [0.4, 0.5) is 0 Å². The van der Waals surface area contributed by atoms with Crippen LogP contribution < -0.4 is 0 Å². The minimum atomic E-state index is 0.962. The predicted octanol–water partition coefficient (Wildman–Crippen LogP) is 2.22. The number of hydrogen-bond acceptors (Lipinski definition) is 1. The van der Waals surface area contributed by atoms with Gasteiger partial charge in [-0.05, 0) is 29.5 Å². The van der Waals surface area contributed by atoms with E-state index in [1.807, 2.05) is 6.21 Å². The molecule has 1 heteroatoms. The Kier molecular flexibility index (Phi) is 1.94. The molecule has 0 amide bonds. The topological polar surface area (TPSA) is 12.4 Å². The maximum Gasteiger partial charge on any atom is 0.0430 e. The first kappa shape index (κ1) is 7.53. The predicted molar refractivity (Wildman–Crippen MR) is 52.0 cm³/mol. The van der Waals surface area contributed by atoms with Gasteiger partial charge < -0.3 is 0 Å². The zero-order valence-electron chi connectivity index (χ0n) is 7.38. The quantitative estimate of drug-likeness (QED) is 0.596. The van der Waals surface area contributed by atoms with Crippen molar-refractivity contribution < 1.29 is 0 Å². The molecule has 0 radical (unpaired) electrons. The average Bonchev–Trinajstić information content (AvgIpc) is 2.17. The van der Waals surface area contributed by atoms with Gasteiger partial charge in [-0.1, -0.05) is 25.1 Å². The first-order valence-electron chi connectivity index (χ1n) is 4.52. The molecule has 0 saturated carbocycles. The summed E-state index contributed by atoms with van der Waals surface area (Å²) in [6, 6.07) is 6.49. The van der Waals surface area contributed by atoms with Crippen LogP contribution in [-0.4, -0.2) is 12.8 Å². The number of fused-ring (bicyclic) bond motifs is 1. The largest absolute Gasteiger partial charge is 0.292 e. The van der Waals surface area contributed by atoms with Gasteiger partial charge in [0, 0.05) is 12.8 Å². The van der Waals surface area contributed by atoms with Gasteiger partial charge in [0.25, 0.3) is 0 Å².